The summed E-state index contributed by atoms with van der Waals surface area (Å²) in [5.41, 5.74) is 0. The standard InChI is InChI=1S/C14H30N2/c1-11(2)8-14(10-16(4)5)15-12(3)9-13-6-7-13/h11-15H,6-10H2,1-5H3. The van der Waals surface area contributed by atoms with Gasteiger partial charge in [-0.25, -0.2) is 0 Å². The van der Waals surface area contributed by atoms with Crippen molar-refractivity contribution in [3.63, 3.8) is 0 Å². The highest BCUT2D eigenvalue weighted by Crippen LogP contribution is 2.33. The fraction of sp³-hybridized carbons (Fsp3) is 1.00. The van der Waals surface area contributed by atoms with Crippen LogP contribution in [0, 0.1) is 11.8 Å². The molecule has 0 aliphatic heterocycles. The molecule has 1 aliphatic rings. The van der Waals surface area contributed by atoms with Gasteiger partial charge in [-0.05, 0) is 45.7 Å². The van der Waals surface area contributed by atoms with E-state index >= 15 is 0 Å². The first kappa shape index (κ1) is 14.0. The maximum atomic E-state index is 3.81. The van der Waals surface area contributed by atoms with Crippen molar-refractivity contribution in [2.24, 2.45) is 11.8 Å². The Morgan fingerprint density at radius 1 is 1.19 bits per heavy atom. The summed E-state index contributed by atoms with van der Waals surface area (Å²) in [6.07, 6.45) is 5.60. The third-order valence-corrected chi connectivity index (χ3v) is 3.25. The molecular weight excluding hydrogens is 196 g/mol. The van der Waals surface area contributed by atoms with Crippen molar-refractivity contribution in [1.82, 2.24) is 10.2 Å². The summed E-state index contributed by atoms with van der Waals surface area (Å²) in [5.74, 6) is 1.81. The molecule has 96 valence electrons. The van der Waals surface area contributed by atoms with Crippen LogP contribution in [0.25, 0.3) is 0 Å². The van der Waals surface area contributed by atoms with Gasteiger partial charge in [-0.3, -0.25) is 0 Å². The van der Waals surface area contributed by atoms with Crippen LogP contribution in [0.5, 0.6) is 0 Å². The fourth-order valence-corrected chi connectivity index (χ4v) is 2.53. The van der Waals surface area contributed by atoms with Crippen molar-refractivity contribution >= 4 is 0 Å². The largest absolute Gasteiger partial charge is 0.310 e. The molecule has 1 saturated carbocycles. The second-order valence-electron chi connectivity index (χ2n) is 6.34. The fourth-order valence-electron chi connectivity index (χ4n) is 2.53. The van der Waals surface area contributed by atoms with Crippen molar-refractivity contribution < 1.29 is 0 Å². The molecule has 2 unspecified atom stereocenters. The molecule has 2 atom stereocenters. The van der Waals surface area contributed by atoms with Gasteiger partial charge in [0.15, 0.2) is 0 Å². The first-order valence-electron chi connectivity index (χ1n) is 6.88. The maximum absolute atomic E-state index is 3.81. The van der Waals surface area contributed by atoms with Crippen molar-refractivity contribution in [2.45, 2.75) is 58.5 Å². The number of hydrogen-bond donors (Lipinski definition) is 1. The molecule has 0 radical (unpaired) electrons. The van der Waals surface area contributed by atoms with Gasteiger partial charge in [-0.15, -0.1) is 0 Å². The normalized spacial score (nSPS) is 20.4. The summed E-state index contributed by atoms with van der Waals surface area (Å²) >= 11 is 0. The zero-order chi connectivity index (χ0) is 12.1. The van der Waals surface area contributed by atoms with Crippen LogP contribution in [0.15, 0.2) is 0 Å². The number of nitrogens with zero attached hydrogens (tertiary/aromatic N) is 1. The smallest absolute Gasteiger partial charge is 0.0199 e. The molecule has 1 N–H and O–H groups in total. The number of hydrogen-bond acceptors (Lipinski definition) is 2. The van der Waals surface area contributed by atoms with Crippen LogP contribution in [-0.2, 0) is 0 Å². The molecule has 0 aromatic carbocycles. The second kappa shape index (κ2) is 6.61. The van der Waals surface area contributed by atoms with E-state index < -0.39 is 0 Å². The molecule has 16 heavy (non-hydrogen) atoms. The minimum Gasteiger partial charge on any atom is -0.310 e. The molecule has 0 aromatic heterocycles. The van der Waals surface area contributed by atoms with E-state index in [0.717, 1.165) is 18.4 Å². The van der Waals surface area contributed by atoms with Gasteiger partial charge in [0, 0.05) is 18.6 Å². The minimum atomic E-state index is 0.656. The summed E-state index contributed by atoms with van der Waals surface area (Å²) < 4.78 is 0. The number of likely N-dealkylation sites (N-methyl/N-ethyl adjacent to an activating group) is 1. The molecule has 0 aromatic rings. The molecule has 1 aliphatic carbocycles. The summed E-state index contributed by atoms with van der Waals surface area (Å²) in [5, 5.41) is 3.81. The van der Waals surface area contributed by atoms with Crippen LogP contribution < -0.4 is 5.32 Å². The van der Waals surface area contributed by atoms with E-state index in [0.29, 0.717) is 12.1 Å². The third-order valence-electron chi connectivity index (χ3n) is 3.25. The molecule has 0 bridgehead atoms. The lowest BCUT2D eigenvalue weighted by Gasteiger charge is -2.27. The van der Waals surface area contributed by atoms with Crippen molar-refractivity contribution in [1.29, 1.82) is 0 Å². The van der Waals surface area contributed by atoms with Crippen LogP contribution in [0.1, 0.15) is 46.5 Å². The van der Waals surface area contributed by atoms with E-state index in [-0.39, 0.29) is 0 Å². The van der Waals surface area contributed by atoms with Gasteiger partial charge in [0.1, 0.15) is 0 Å². The van der Waals surface area contributed by atoms with Gasteiger partial charge < -0.3 is 10.2 Å². The Morgan fingerprint density at radius 3 is 2.25 bits per heavy atom. The first-order valence-corrected chi connectivity index (χ1v) is 6.88. The SMILES string of the molecule is CC(C)CC(CN(C)C)NC(C)CC1CC1. The van der Waals surface area contributed by atoms with Crippen LogP contribution in [0.3, 0.4) is 0 Å². The molecule has 0 spiro atoms. The Balaban J connectivity index is 2.28. The maximum Gasteiger partial charge on any atom is 0.0199 e. The zero-order valence-electron chi connectivity index (χ0n) is 11.8. The van der Waals surface area contributed by atoms with E-state index in [1.54, 1.807) is 0 Å². The lowest BCUT2D eigenvalue weighted by Crippen LogP contribution is -2.43. The average Bonchev–Trinajstić information content (AvgIpc) is 2.84. The lowest BCUT2D eigenvalue weighted by molar-refractivity contribution is 0.283. The van der Waals surface area contributed by atoms with Gasteiger partial charge in [-0.2, -0.15) is 0 Å². The third kappa shape index (κ3) is 6.49. The van der Waals surface area contributed by atoms with E-state index in [2.05, 4.69) is 45.1 Å². The Kier molecular flexibility index (Phi) is 5.77. The van der Waals surface area contributed by atoms with E-state index in [4.69, 9.17) is 0 Å². The predicted octanol–water partition coefficient (Wildman–Crippen LogP) is 2.74. The van der Waals surface area contributed by atoms with Gasteiger partial charge in [-0.1, -0.05) is 26.7 Å². The highest BCUT2D eigenvalue weighted by atomic mass is 15.1. The second-order valence-corrected chi connectivity index (χ2v) is 6.34. The lowest BCUT2D eigenvalue weighted by atomic mass is 10.0. The van der Waals surface area contributed by atoms with Crippen LogP contribution in [0.2, 0.25) is 0 Å². The Hall–Kier alpha value is -0.0800. The minimum absolute atomic E-state index is 0.656. The monoisotopic (exact) mass is 226 g/mol. The predicted molar refractivity (Wildman–Crippen MR) is 71.7 cm³/mol. The van der Waals surface area contributed by atoms with Gasteiger partial charge in [0.05, 0.1) is 0 Å². The van der Waals surface area contributed by atoms with E-state index in [9.17, 15) is 0 Å². The van der Waals surface area contributed by atoms with Crippen molar-refractivity contribution in [3.05, 3.63) is 0 Å². The van der Waals surface area contributed by atoms with Crippen molar-refractivity contribution in [2.75, 3.05) is 20.6 Å². The van der Waals surface area contributed by atoms with E-state index in [1.807, 2.05) is 0 Å². The summed E-state index contributed by atoms with van der Waals surface area (Å²) in [4.78, 5) is 2.30. The summed E-state index contributed by atoms with van der Waals surface area (Å²) in [7, 11) is 4.33. The quantitative estimate of drug-likeness (QED) is 0.684. The number of nitrogens with one attached hydrogen (secondary N) is 1. The highest BCUT2D eigenvalue weighted by molar-refractivity contribution is 4.81. The van der Waals surface area contributed by atoms with E-state index in [1.165, 1.54) is 25.7 Å². The zero-order valence-corrected chi connectivity index (χ0v) is 11.8. The van der Waals surface area contributed by atoms with Crippen LogP contribution in [0.4, 0.5) is 0 Å². The molecule has 0 amide bonds. The van der Waals surface area contributed by atoms with Crippen LogP contribution >= 0.6 is 0 Å². The summed E-state index contributed by atoms with van der Waals surface area (Å²) in [6, 6.07) is 1.35. The molecule has 0 heterocycles. The molecule has 1 rings (SSSR count). The Bertz CT molecular complexity index is 175. The number of rotatable bonds is 8. The van der Waals surface area contributed by atoms with Crippen LogP contribution in [-0.4, -0.2) is 37.6 Å². The topological polar surface area (TPSA) is 15.3 Å². The molecule has 0 saturated heterocycles. The highest BCUT2D eigenvalue weighted by Gasteiger charge is 2.24. The molecule has 2 heteroatoms. The Labute approximate surface area is 102 Å². The van der Waals surface area contributed by atoms with Gasteiger partial charge >= 0.3 is 0 Å². The molecule has 1 fully saturated rings. The van der Waals surface area contributed by atoms with Crippen molar-refractivity contribution in [3.8, 4) is 0 Å². The average molecular weight is 226 g/mol. The molecular formula is C14H30N2. The van der Waals surface area contributed by atoms with Gasteiger partial charge in [0.25, 0.3) is 0 Å². The van der Waals surface area contributed by atoms with Gasteiger partial charge in [0.2, 0.25) is 0 Å². The Morgan fingerprint density at radius 2 is 1.81 bits per heavy atom. The summed E-state index contributed by atoms with van der Waals surface area (Å²) in [6.45, 7) is 8.14. The molecule has 2 nitrogen and oxygen atoms in total. The first-order chi connectivity index (χ1) is 7.47.